The number of benzene rings is 8. The monoisotopic (exact) mass is 673 g/mol. The predicted octanol–water partition coefficient (Wildman–Crippen LogP) is 12.3. The molecule has 2 aliphatic carbocycles. The molecule has 10 rings (SSSR count). The van der Waals surface area contributed by atoms with E-state index in [-0.39, 0.29) is 11.8 Å². The average Bonchev–Trinajstić information content (AvgIpc) is 3.72. The molecule has 0 amide bonds. The molecule has 0 spiro atoms. The van der Waals surface area contributed by atoms with Gasteiger partial charge in [-0.3, -0.25) is 0 Å². The standard InChI is InChI=1S/C52H35N/c53-34-35-24-26-37(27-25-35)50(38-29-31-46-47(32-38)42-20-10-11-22-45(42)51(46)36-14-4-1-5-15-36)39-28-30-44-43-21-12-13-23-48(43)52(49(44)33-39,40-16-6-2-7-17-40)41-18-8-3-9-19-41/h1-33,50-51H. The highest BCUT2D eigenvalue weighted by Gasteiger charge is 2.46. The van der Waals surface area contributed by atoms with E-state index in [0.717, 1.165) is 5.56 Å². The zero-order chi connectivity index (χ0) is 35.4. The molecule has 1 nitrogen and oxygen atoms in total. The van der Waals surface area contributed by atoms with Crippen molar-refractivity contribution in [1.29, 1.82) is 5.26 Å². The Bertz CT molecular complexity index is 2630. The van der Waals surface area contributed by atoms with Crippen molar-refractivity contribution in [3.05, 3.63) is 261 Å². The molecule has 0 aromatic heterocycles. The van der Waals surface area contributed by atoms with Crippen LogP contribution < -0.4 is 0 Å². The Morgan fingerprint density at radius 2 is 0.943 bits per heavy atom. The number of rotatable bonds is 6. The summed E-state index contributed by atoms with van der Waals surface area (Å²) in [6.07, 6.45) is 0. The minimum absolute atomic E-state index is 0.0609. The number of hydrogen-bond acceptors (Lipinski definition) is 1. The van der Waals surface area contributed by atoms with Gasteiger partial charge in [0.05, 0.1) is 17.0 Å². The van der Waals surface area contributed by atoms with Crippen molar-refractivity contribution < 1.29 is 0 Å². The summed E-state index contributed by atoms with van der Waals surface area (Å²) in [5, 5.41) is 9.73. The van der Waals surface area contributed by atoms with Crippen LogP contribution in [0.2, 0.25) is 0 Å². The lowest BCUT2D eigenvalue weighted by Crippen LogP contribution is -2.28. The van der Waals surface area contributed by atoms with E-state index in [4.69, 9.17) is 0 Å². The van der Waals surface area contributed by atoms with E-state index in [0.29, 0.717) is 5.56 Å². The van der Waals surface area contributed by atoms with Gasteiger partial charge in [-0.1, -0.05) is 182 Å². The summed E-state index contributed by atoms with van der Waals surface area (Å²) < 4.78 is 0. The van der Waals surface area contributed by atoms with Gasteiger partial charge in [0.1, 0.15) is 0 Å². The molecule has 0 saturated heterocycles. The van der Waals surface area contributed by atoms with Gasteiger partial charge in [-0.05, 0) is 96.1 Å². The summed E-state index contributed by atoms with van der Waals surface area (Å²) >= 11 is 0. The molecule has 53 heavy (non-hydrogen) atoms. The number of fused-ring (bicyclic) bond motifs is 6. The lowest BCUT2D eigenvalue weighted by atomic mass is 9.67. The Kier molecular flexibility index (Phi) is 7.31. The molecule has 2 aliphatic rings. The average molecular weight is 674 g/mol. The summed E-state index contributed by atoms with van der Waals surface area (Å²) in [5.74, 6) is 0.134. The van der Waals surface area contributed by atoms with Crippen LogP contribution in [0, 0.1) is 11.3 Å². The lowest BCUT2D eigenvalue weighted by molar-refractivity contribution is 0.765. The van der Waals surface area contributed by atoms with Gasteiger partial charge in [0, 0.05) is 11.8 Å². The molecule has 8 aromatic rings. The maximum atomic E-state index is 9.73. The van der Waals surface area contributed by atoms with Gasteiger partial charge in [0.15, 0.2) is 0 Å². The molecule has 248 valence electrons. The molecule has 0 heterocycles. The van der Waals surface area contributed by atoms with E-state index in [1.54, 1.807) is 0 Å². The third kappa shape index (κ3) is 4.77. The fourth-order valence-electron chi connectivity index (χ4n) is 9.37. The van der Waals surface area contributed by atoms with Crippen LogP contribution in [-0.4, -0.2) is 0 Å². The van der Waals surface area contributed by atoms with E-state index in [9.17, 15) is 5.26 Å². The molecule has 0 aliphatic heterocycles. The first kappa shape index (κ1) is 31.0. The van der Waals surface area contributed by atoms with Crippen molar-refractivity contribution in [2.75, 3.05) is 0 Å². The van der Waals surface area contributed by atoms with Gasteiger partial charge < -0.3 is 0 Å². The maximum absolute atomic E-state index is 9.73. The summed E-state index contributed by atoms with van der Waals surface area (Å²) in [7, 11) is 0. The van der Waals surface area contributed by atoms with Crippen LogP contribution >= 0.6 is 0 Å². The summed E-state index contributed by atoms with van der Waals surface area (Å²) in [5.41, 5.74) is 18.1. The van der Waals surface area contributed by atoms with Gasteiger partial charge in [-0.2, -0.15) is 5.26 Å². The predicted molar refractivity (Wildman–Crippen MR) is 215 cm³/mol. The van der Waals surface area contributed by atoms with E-state index in [2.05, 4.69) is 194 Å². The SMILES string of the molecule is N#Cc1ccc(C(c2ccc3c(c2)-c2ccccc2C3c2ccccc2)c2ccc3c(c2)C(c2ccccc2)(c2ccccc2)c2ccccc2-3)cc1. The summed E-state index contributed by atoms with van der Waals surface area (Å²) in [6.45, 7) is 0. The zero-order valence-electron chi connectivity index (χ0n) is 29.2. The fourth-order valence-corrected chi connectivity index (χ4v) is 9.37. The second kappa shape index (κ2) is 12.5. The molecular weight excluding hydrogens is 639 g/mol. The number of nitriles is 1. The molecular formula is C52H35N. The molecule has 0 N–H and O–H groups in total. The normalized spacial score (nSPS) is 15.0. The van der Waals surface area contributed by atoms with Crippen molar-refractivity contribution in [2.24, 2.45) is 0 Å². The molecule has 8 aromatic carbocycles. The highest BCUT2D eigenvalue weighted by Crippen LogP contribution is 2.57. The maximum Gasteiger partial charge on any atom is 0.0991 e. The van der Waals surface area contributed by atoms with E-state index < -0.39 is 5.41 Å². The fraction of sp³-hybridized carbons (Fsp3) is 0.0577. The summed E-state index contributed by atoms with van der Waals surface area (Å²) in [6, 6.07) is 75.5. The van der Waals surface area contributed by atoms with E-state index >= 15 is 0 Å². The van der Waals surface area contributed by atoms with Crippen LogP contribution in [0.4, 0.5) is 0 Å². The molecule has 1 heteroatoms. The van der Waals surface area contributed by atoms with E-state index in [1.165, 1.54) is 72.3 Å². The first-order chi connectivity index (χ1) is 26.3. The molecule has 2 unspecified atom stereocenters. The van der Waals surface area contributed by atoms with Crippen LogP contribution in [0.15, 0.2) is 200 Å². The third-order valence-electron chi connectivity index (χ3n) is 11.6. The van der Waals surface area contributed by atoms with E-state index in [1.807, 2.05) is 12.1 Å². The first-order valence-electron chi connectivity index (χ1n) is 18.4. The molecule has 0 radical (unpaired) electrons. The first-order valence-corrected chi connectivity index (χ1v) is 18.4. The Morgan fingerprint density at radius 1 is 0.415 bits per heavy atom. The summed E-state index contributed by atoms with van der Waals surface area (Å²) in [4.78, 5) is 0. The van der Waals surface area contributed by atoms with Crippen molar-refractivity contribution >= 4 is 0 Å². The smallest absolute Gasteiger partial charge is 0.0991 e. The van der Waals surface area contributed by atoms with Gasteiger partial charge >= 0.3 is 0 Å². The van der Waals surface area contributed by atoms with Gasteiger partial charge in [-0.15, -0.1) is 0 Å². The van der Waals surface area contributed by atoms with Gasteiger partial charge in [0.25, 0.3) is 0 Å². The van der Waals surface area contributed by atoms with Crippen molar-refractivity contribution in [3.8, 4) is 28.3 Å². The minimum atomic E-state index is -0.487. The van der Waals surface area contributed by atoms with Gasteiger partial charge in [-0.25, -0.2) is 0 Å². The third-order valence-corrected chi connectivity index (χ3v) is 11.6. The van der Waals surface area contributed by atoms with Crippen LogP contribution in [0.1, 0.15) is 73.0 Å². The van der Waals surface area contributed by atoms with Crippen LogP contribution in [-0.2, 0) is 5.41 Å². The minimum Gasteiger partial charge on any atom is -0.192 e. The zero-order valence-corrected chi connectivity index (χ0v) is 29.2. The van der Waals surface area contributed by atoms with Crippen LogP contribution in [0.25, 0.3) is 22.3 Å². The molecule has 0 bridgehead atoms. The lowest BCUT2D eigenvalue weighted by Gasteiger charge is -2.34. The largest absolute Gasteiger partial charge is 0.192 e. The van der Waals surface area contributed by atoms with Crippen LogP contribution in [0.3, 0.4) is 0 Å². The molecule has 0 saturated carbocycles. The Labute approximate surface area is 311 Å². The van der Waals surface area contributed by atoms with Crippen molar-refractivity contribution in [3.63, 3.8) is 0 Å². The van der Waals surface area contributed by atoms with Gasteiger partial charge in [0.2, 0.25) is 0 Å². The van der Waals surface area contributed by atoms with Crippen molar-refractivity contribution in [2.45, 2.75) is 17.3 Å². The Balaban J connectivity index is 1.21. The quantitative estimate of drug-likeness (QED) is 0.161. The Morgan fingerprint density at radius 3 is 1.64 bits per heavy atom. The highest BCUT2D eigenvalue weighted by molar-refractivity contribution is 5.87. The molecule has 0 fully saturated rings. The van der Waals surface area contributed by atoms with Crippen molar-refractivity contribution in [1.82, 2.24) is 0 Å². The number of hydrogen-bond donors (Lipinski definition) is 0. The van der Waals surface area contributed by atoms with Crippen LogP contribution in [0.5, 0.6) is 0 Å². The number of nitrogens with zero attached hydrogens (tertiary/aromatic N) is 1. The second-order valence-corrected chi connectivity index (χ2v) is 14.3. The second-order valence-electron chi connectivity index (χ2n) is 14.3. The Hall–Kier alpha value is -6.75. The topological polar surface area (TPSA) is 23.8 Å². The molecule has 2 atom stereocenters. The highest BCUT2D eigenvalue weighted by atomic mass is 14.5.